The Morgan fingerprint density at radius 3 is 2.00 bits per heavy atom. The molecule has 0 bridgehead atoms. The topological polar surface area (TPSA) is 141 Å². The third-order valence-corrected chi connectivity index (χ3v) is 2.14. The summed E-state index contributed by atoms with van der Waals surface area (Å²) in [5.41, 5.74) is 0. The van der Waals surface area contributed by atoms with Crippen molar-refractivity contribution < 1.29 is 37.3 Å². The molecule has 0 spiro atoms. The Kier molecular flexibility index (Phi) is 5.28. The molecule has 0 radical (unpaired) electrons. The predicted octanol–water partition coefficient (Wildman–Crippen LogP) is -2.52. The third kappa shape index (κ3) is 5.16. The molecule has 9 heteroatoms. The molecule has 0 amide bonds. The molecule has 0 aliphatic heterocycles. The molecular formula is C6H12O8S. The van der Waals surface area contributed by atoms with Crippen molar-refractivity contribution in [2.45, 2.75) is 31.3 Å². The minimum Gasteiger partial charge on any atom is -0.388 e. The van der Waals surface area contributed by atoms with Crippen molar-refractivity contribution in [3.05, 3.63) is 0 Å². The van der Waals surface area contributed by atoms with Crippen molar-refractivity contribution >= 4 is 16.7 Å². The zero-order valence-electron chi connectivity index (χ0n) is 7.72. The summed E-state index contributed by atoms with van der Waals surface area (Å²) in [6.45, 7) is 1.03. The van der Waals surface area contributed by atoms with E-state index in [9.17, 15) is 18.3 Å². The second-order valence-corrected chi connectivity index (χ2v) is 3.88. The monoisotopic (exact) mass is 244 g/mol. The Morgan fingerprint density at radius 2 is 1.67 bits per heavy atom. The van der Waals surface area contributed by atoms with Crippen LogP contribution in [0.1, 0.15) is 6.92 Å². The van der Waals surface area contributed by atoms with Crippen molar-refractivity contribution in [2.24, 2.45) is 0 Å². The highest BCUT2D eigenvalue weighted by Gasteiger charge is 2.31. The molecule has 0 aromatic carbocycles. The first-order valence-corrected chi connectivity index (χ1v) is 5.20. The van der Waals surface area contributed by atoms with Crippen LogP contribution in [0.3, 0.4) is 0 Å². The lowest BCUT2D eigenvalue weighted by molar-refractivity contribution is -0.131. The number of rotatable bonds is 6. The lowest BCUT2D eigenvalue weighted by atomic mass is 10.1. The molecule has 0 aromatic rings. The van der Waals surface area contributed by atoms with Gasteiger partial charge < -0.3 is 20.1 Å². The number of carbonyl (C=O) groups is 1. The minimum absolute atomic E-state index is 0.0337. The van der Waals surface area contributed by atoms with Crippen molar-refractivity contribution in [2.75, 3.05) is 0 Å². The Hall–Kier alpha value is -0.580. The average molecular weight is 244 g/mol. The molecule has 0 saturated heterocycles. The van der Waals surface area contributed by atoms with Gasteiger partial charge in [-0.1, -0.05) is 0 Å². The molecule has 4 N–H and O–H groups in total. The molecule has 90 valence electrons. The number of aliphatic hydroxyl groups is 3. The van der Waals surface area contributed by atoms with Crippen LogP contribution < -0.4 is 0 Å². The molecule has 4 atom stereocenters. The number of hydrogen-bond acceptors (Lipinski definition) is 7. The molecule has 15 heavy (non-hydrogen) atoms. The van der Waals surface area contributed by atoms with Crippen molar-refractivity contribution in [1.29, 1.82) is 0 Å². The fraction of sp³-hybridized carbons (Fsp3) is 0.833. The van der Waals surface area contributed by atoms with Crippen LogP contribution in [0.15, 0.2) is 0 Å². The van der Waals surface area contributed by atoms with E-state index in [1.54, 1.807) is 0 Å². The molecule has 0 fully saturated rings. The van der Waals surface area contributed by atoms with Gasteiger partial charge in [0.2, 0.25) is 0 Å². The van der Waals surface area contributed by atoms with E-state index in [-0.39, 0.29) is 6.29 Å². The summed E-state index contributed by atoms with van der Waals surface area (Å²) < 4.78 is 32.6. The summed E-state index contributed by atoms with van der Waals surface area (Å²) in [6.07, 6.45) is -7.16. The second kappa shape index (κ2) is 5.49. The lowest BCUT2D eigenvalue weighted by Gasteiger charge is -2.23. The Balaban J connectivity index is 4.44. The number of carbonyl (C=O) groups excluding carboxylic acids is 1. The number of aldehydes is 1. The first kappa shape index (κ1) is 14.4. The van der Waals surface area contributed by atoms with Gasteiger partial charge in [0, 0.05) is 0 Å². The van der Waals surface area contributed by atoms with E-state index in [1.807, 2.05) is 0 Å². The Labute approximate surface area is 86.1 Å². The number of aliphatic hydroxyl groups excluding tert-OH is 3. The van der Waals surface area contributed by atoms with Gasteiger partial charge in [-0.05, 0) is 6.92 Å². The molecule has 0 saturated carbocycles. The van der Waals surface area contributed by atoms with Crippen LogP contribution in [0.5, 0.6) is 0 Å². The summed E-state index contributed by atoms with van der Waals surface area (Å²) in [6, 6.07) is 0. The average Bonchev–Trinajstić information content (AvgIpc) is 2.11. The molecular weight excluding hydrogens is 232 g/mol. The summed E-state index contributed by atoms with van der Waals surface area (Å²) >= 11 is 0. The fourth-order valence-corrected chi connectivity index (χ4v) is 1.31. The van der Waals surface area contributed by atoms with Gasteiger partial charge in [0.25, 0.3) is 0 Å². The van der Waals surface area contributed by atoms with Crippen LogP contribution in [-0.2, 0) is 19.4 Å². The van der Waals surface area contributed by atoms with Crippen LogP contribution in [0.25, 0.3) is 0 Å². The van der Waals surface area contributed by atoms with Gasteiger partial charge in [-0.2, -0.15) is 8.42 Å². The van der Waals surface area contributed by atoms with Crippen LogP contribution in [0.2, 0.25) is 0 Å². The minimum atomic E-state index is -4.78. The second-order valence-electron chi connectivity index (χ2n) is 2.84. The van der Waals surface area contributed by atoms with Crippen LogP contribution in [0.4, 0.5) is 0 Å². The van der Waals surface area contributed by atoms with E-state index in [1.165, 1.54) is 0 Å². The lowest BCUT2D eigenvalue weighted by Crippen LogP contribution is -2.45. The largest absolute Gasteiger partial charge is 0.397 e. The molecule has 8 nitrogen and oxygen atoms in total. The molecule has 0 aliphatic rings. The van der Waals surface area contributed by atoms with E-state index in [4.69, 9.17) is 14.8 Å². The van der Waals surface area contributed by atoms with Gasteiger partial charge in [-0.15, -0.1) is 0 Å². The molecule has 0 aromatic heterocycles. The molecule has 0 heterocycles. The van der Waals surface area contributed by atoms with Crippen LogP contribution in [0, 0.1) is 0 Å². The van der Waals surface area contributed by atoms with E-state index in [0.29, 0.717) is 0 Å². The molecule has 0 rings (SSSR count). The zero-order chi connectivity index (χ0) is 12.2. The highest BCUT2D eigenvalue weighted by molar-refractivity contribution is 7.80. The maximum atomic E-state index is 10.2. The summed E-state index contributed by atoms with van der Waals surface area (Å²) in [4.78, 5) is 10.0. The SMILES string of the molecule is C[C@H](OS(=O)(=O)O)[C@@H](O)[C@@H](O)[C@H](O)C=O. The normalized spacial score (nSPS) is 20.3. The van der Waals surface area contributed by atoms with Gasteiger partial charge in [0.1, 0.15) is 24.4 Å². The van der Waals surface area contributed by atoms with Gasteiger partial charge in [-0.25, -0.2) is 4.18 Å². The summed E-state index contributed by atoms with van der Waals surface area (Å²) in [5, 5.41) is 27.0. The summed E-state index contributed by atoms with van der Waals surface area (Å²) in [7, 11) is -4.78. The number of hydrogen-bond donors (Lipinski definition) is 4. The first-order valence-electron chi connectivity index (χ1n) is 3.84. The van der Waals surface area contributed by atoms with Gasteiger partial charge in [-0.3, -0.25) is 4.55 Å². The quantitative estimate of drug-likeness (QED) is 0.296. The molecule has 0 aliphatic carbocycles. The smallest absolute Gasteiger partial charge is 0.388 e. The predicted molar refractivity (Wildman–Crippen MR) is 46.2 cm³/mol. The van der Waals surface area contributed by atoms with E-state index >= 15 is 0 Å². The van der Waals surface area contributed by atoms with Gasteiger partial charge in [0.05, 0.1) is 0 Å². The summed E-state index contributed by atoms with van der Waals surface area (Å²) in [5.74, 6) is 0. The van der Waals surface area contributed by atoms with Crippen molar-refractivity contribution in [3.63, 3.8) is 0 Å². The molecule has 0 unspecified atom stereocenters. The fourth-order valence-electron chi connectivity index (χ4n) is 0.809. The highest BCUT2D eigenvalue weighted by Crippen LogP contribution is 2.08. The maximum absolute atomic E-state index is 10.2. The van der Waals surface area contributed by atoms with Crippen molar-refractivity contribution in [1.82, 2.24) is 0 Å². The van der Waals surface area contributed by atoms with Gasteiger partial charge >= 0.3 is 10.4 Å². The maximum Gasteiger partial charge on any atom is 0.397 e. The Morgan fingerprint density at radius 1 is 1.20 bits per heavy atom. The third-order valence-electron chi connectivity index (χ3n) is 1.59. The standard InChI is InChI=1S/C6H12O8S/c1-3(14-15(11,12)13)5(9)6(10)4(8)2-7/h2-6,8-10H,1H3,(H,11,12,13)/t3-,4+,5+,6-/m0/s1. The first-order chi connectivity index (χ1) is 6.69. The van der Waals surface area contributed by atoms with Crippen LogP contribution in [-0.4, -0.2) is 59.0 Å². The van der Waals surface area contributed by atoms with E-state index in [2.05, 4.69) is 4.18 Å². The Bertz CT molecular complexity index is 298. The van der Waals surface area contributed by atoms with E-state index < -0.39 is 34.8 Å². The van der Waals surface area contributed by atoms with Gasteiger partial charge in [0.15, 0.2) is 6.29 Å². The van der Waals surface area contributed by atoms with E-state index in [0.717, 1.165) is 6.92 Å². The highest BCUT2D eigenvalue weighted by atomic mass is 32.3. The van der Waals surface area contributed by atoms with Crippen LogP contribution >= 0.6 is 0 Å². The van der Waals surface area contributed by atoms with Crippen molar-refractivity contribution in [3.8, 4) is 0 Å². The zero-order valence-corrected chi connectivity index (χ0v) is 8.53.